The van der Waals surface area contributed by atoms with E-state index >= 15 is 0 Å². The van der Waals surface area contributed by atoms with Crippen molar-refractivity contribution >= 4 is 23.2 Å². The standard InChI is InChI=1S/C21H27N3O2/c1-4-23(5-2)21(26)17-12-14-18(15-13-17)22-20(25)16-24(6-3)19-10-8-7-9-11-19/h7-15H,4-6,16H2,1-3H3,(H,22,25). The van der Waals surface area contributed by atoms with Gasteiger partial charge in [0.2, 0.25) is 5.91 Å². The molecule has 0 atom stereocenters. The minimum atomic E-state index is -0.0847. The molecule has 2 rings (SSSR count). The summed E-state index contributed by atoms with van der Waals surface area (Å²) >= 11 is 0. The van der Waals surface area contributed by atoms with Gasteiger partial charge in [0, 0.05) is 36.6 Å². The lowest BCUT2D eigenvalue weighted by molar-refractivity contribution is -0.115. The summed E-state index contributed by atoms with van der Waals surface area (Å²) in [6, 6.07) is 16.9. The fourth-order valence-corrected chi connectivity index (χ4v) is 2.79. The molecule has 138 valence electrons. The predicted molar refractivity (Wildman–Crippen MR) is 107 cm³/mol. The SMILES string of the molecule is CCN(CC)C(=O)c1ccc(NC(=O)CN(CC)c2ccccc2)cc1. The van der Waals surface area contributed by atoms with Crippen molar-refractivity contribution in [3.05, 3.63) is 60.2 Å². The molecule has 26 heavy (non-hydrogen) atoms. The highest BCUT2D eigenvalue weighted by Gasteiger charge is 2.13. The van der Waals surface area contributed by atoms with E-state index in [-0.39, 0.29) is 18.4 Å². The van der Waals surface area contributed by atoms with Crippen molar-refractivity contribution in [2.24, 2.45) is 0 Å². The number of anilines is 2. The van der Waals surface area contributed by atoms with Crippen LogP contribution < -0.4 is 10.2 Å². The molecule has 5 heteroatoms. The molecule has 0 unspecified atom stereocenters. The van der Waals surface area contributed by atoms with Crippen molar-refractivity contribution in [3.63, 3.8) is 0 Å². The van der Waals surface area contributed by atoms with E-state index in [1.165, 1.54) is 0 Å². The van der Waals surface area contributed by atoms with Gasteiger partial charge in [-0.3, -0.25) is 9.59 Å². The smallest absolute Gasteiger partial charge is 0.253 e. The number of carbonyl (C=O) groups excluding carboxylic acids is 2. The third-order valence-corrected chi connectivity index (χ3v) is 4.30. The van der Waals surface area contributed by atoms with Gasteiger partial charge < -0.3 is 15.1 Å². The van der Waals surface area contributed by atoms with Gasteiger partial charge in [-0.2, -0.15) is 0 Å². The van der Waals surface area contributed by atoms with Crippen LogP contribution in [0.25, 0.3) is 0 Å². The van der Waals surface area contributed by atoms with Crippen LogP contribution in [0.15, 0.2) is 54.6 Å². The van der Waals surface area contributed by atoms with Gasteiger partial charge in [-0.25, -0.2) is 0 Å². The van der Waals surface area contributed by atoms with Gasteiger partial charge in [-0.1, -0.05) is 18.2 Å². The third-order valence-electron chi connectivity index (χ3n) is 4.30. The quantitative estimate of drug-likeness (QED) is 0.788. The monoisotopic (exact) mass is 353 g/mol. The molecule has 0 spiro atoms. The molecule has 0 aliphatic rings. The second-order valence-electron chi connectivity index (χ2n) is 5.95. The Labute approximate surface area is 155 Å². The average Bonchev–Trinajstić information content (AvgIpc) is 2.68. The lowest BCUT2D eigenvalue weighted by Crippen LogP contribution is -2.33. The van der Waals surface area contributed by atoms with E-state index in [0.717, 1.165) is 12.2 Å². The van der Waals surface area contributed by atoms with Gasteiger partial charge in [-0.15, -0.1) is 0 Å². The zero-order valence-corrected chi connectivity index (χ0v) is 15.7. The van der Waals surface area contributed by atoms with Gasteiger partial charge >= 0.3 is 0 Å². The van der Waals surface area contributed by atoms with Crippen LogP contribution in [0.2, 0.25) is 0 Å². The molecule has 0 fully saturated rings. The molecule has 0 aliphatic heterocycles. The molecular formula is C21H27N3O2. The van der Waals surface area contributed by atoms with Gasteiger partial charge in [0.05, 0.1) is 6.54 Å². The van der Waals surface area contributed by atoms with Crippen LogP contribution in [-0.2, 0) is 4.79 Å². The summed E-state index contributed by atoms with van der Waals surface area (Å²) in [4.78, 5) is 28.4. The summed E-state index contributed by atoms with van der Waals surface area (Å²) in [5.41, 5.74) is 2.34. The highest BCUT2D eigenvalue weighted by molar-refractivity contribution is 5.96. The van der Waals surface area contributed by atoms with Crippen LogP contribution in [0.5, 0.6) is 0 Å². The van der Waals surface area contributed by atoms with Crippen LogP contribution in [0.3, 0.4) is 0 Å². The second-order valence-corrected chi connectivity index (χ2v) is 5.95. The molecule has 0 saturated heterocycles. The van der Waals surface area contributed by atoms with E-state index in [9.17, 15) is 9.59 Å². The Morgan fingerprint density at radius 1 is 0.846 bits per heavy atom. The predicted octanol–water partition coefficient (Wildman–Crippen LogP) is 3.63. The number of carbonyl (C=O) groups is 2. The number of hydrogen-bond acceptors (Lipinski definition) is 3. The fraction of sp³-hybridized carbons (Fsp3) is 0.333. The minimum absolute atomic E-state index is 0.00844. The van der Waals surface area contributed by atoms with Crippen LogP contribution in [0.4, 0.5) is 11.4 Å². The van der Waals surface area contributed by atoms with Gasteiger partial charge in [0.15, 0.2) is 0 Å². The largest absolute Gasteiger partial charge is 0.362 e. The molecular weight excluding hydrogens is 326 g/mol. The van der Waals surface area contributed by atoms with E-state index < -0.39 is 0 Å². The van der Waals surface area contributed by atoms with Crippen LogP contribution >= 0.6 is 0 Å². The summed E-state index contributed by atoms with van der Waals surface area (Å²) in [5, 5.41) is 2.89. The molecule has 1 N–H and O–H groups in total. The van der Waals surface area contributed by atoms with Crippen molar-refractivity contribution in [1.29, 1.82) is 0 Å². The van der Waals surface area contributed by atoms with Crippen LogP contribution in [0.1, 0.15) is 31.1 Å². The molecule has 0 bridgehead atoms. The normalized spacial score (nSPS) is 10.3. The van der Waals surface area contributed by atoms with Gasteiger partial charge in [-0.05, 0) is 57.2 Å². The lowest BCUT2D eigenvalue weighted by Gasteiger charge is -2.22. The molecule has 2 aromatic rings. The Bertz CT molecular complexity index is 710. The molecule has 2 amide bonds. The van der Waals surface area contributed by atoms with E-state index in [2.05, 4.69) is 5.32 Å². The molecule has 0 radical (unpaired) electrons. The molecule has 0 aliphatic carbocycles. The van der Waals surface area contributed by atoms with Crippen LogP contribution in [-0.4, -0.2) is 42.9 Å². The van der Waals surface area contributed by atoms with E-state index in [4.69, 9.17) is 0 Å². The summed E-state index contributed by atoms with van der Waals surface area (Å²) in [6.45, 7) is 8.33. The summed E-state index contributed by atoms with van der Waals surface area (Å²) in [5.74, 6) is -0.0763. The van der Waals surface area contributed by atoms with Crippen molar-refractivity contribution in [2.75, 3.05) is 36.4 Å². The first kappa shape index (κ1) is 19.5. The highest BCUT2D eigenvalue weighted by Crippen LogP contribution is 2.14. The summed E-state index contributed by atoms with van der Waals surface area (Å²) < 4.78 is 0. The van der Waals surface area contributed by atoms with Gasteiger partial charge in [0.1, 0.15) is 0 Å². The number of benzene rings is 2. The number of amides is 2. The topological polar surface area (TPSA) is 52.7 Å². The number of likely N-dealkylation sites (N-methyl/N-ethyl adjacent to an activating group) is 1. The maximum atomic E-state index is 12.3. The maximum Gasteiger partial charge on any atom is 0.253 e. The molecule has 0 saturated carbocycles. The number of para-hydroxylation sites is 1. The van der Waals surface area contributed by atoms with E-state index in [1.54, 1.807) is 29.2 Å². The van der Waals surface area contributed by atoms with Gasteiger partial charge in [0.25, 0.3) is 5.91 Å². The zero-order valence-electron chi connectivity index (χ0n) is 15.7. The molecule has 2 aromatic carbocycles. The Balaban J connectivity index is 1.98. The Hall–Kier alpha value is -2.82. The molecule has 5 nitrogen and oxygen atoms in total. The average molecular weight is 353 g/mol. The Morgan fingerprint density at radius 2 is 1.46 bits per heavy atom. The lowest BCUT2D eigenvalue weighted by atomic mass is 10.1. The summed E-state index contributed by atoms with van der Waals surface area (Å²) in [7, 11) is 0. The minimum Gasteiger partial charge on any atom is -0.362 e. The number of hydrogen-bond donors (Lipinski definition) is 1. The van der Waals surface area contributed by atoms with E-state index in [1.807, 2.05) is 56.0 Å². The second kappa shape index (κ2) is 9.61. The Morgan fingerprint density at radius 3 is 2.00 bits per heavy atom. The Kier molecular flexibility index (Phi) is 7.21. The van der Waals surface area contributed by atoms with Crippen molar-refractivity contribution < 1.29 is 9.59 Å². The summed E-state index contributed by atoms with van der Waals surface area (Å²) in [6.07, 6.45) is 0. The number of rotatable bonds is 8. The highest BCUT2D eigenvalue weighted by atomic mass is 16.2. The van der Waals surface area contributed by atoms with E-state index in [0.29, 0.717) is 24.3 Å². The first-order chi connectivity index (χ1) is 12.6. The zero-order chi connectivity index (χ0) is 18.9. The van der Waals surface area contributed by atoms with Crippen molar-refractivity contribution in [3.8, 4) is 0 Å². The molecule has 0 aromatic heterocycles. The molecule has 0 heterocycles. The first-order valence-corrected chi connectivity index (χ1v) is 9.08. The number of nitrogens with one attached hydrogen (secondary N) is 1. The third kappa shape index (κ3) is 5.09. The maximum absolute atomic E-state index is 12.3. The fourth-order valence-electron chi connectivity index (χ4n) is 2.79. The van der Waals surface area contributed by atoms with Crippen molar-refractivity contribution in [1.82, 2.24) is 4.90 Å². The van der Waals surface area contributed by atoms with Crippen molar-refractivity contribution in [2.45, 2.75) is 20.8 Å². The first-order valence-electron chi connectivity index (χ1n) is 9.08. The number of nitrogens with zero attached hydrogens (tertiary/aromatic N) is 2. The van der Waals surface area contributed by atoms with Crippen LogP contribution in [0, 0.1) is 0 Å².